The molecule has 24 heavy (non-hydrogen) atoms. The highest BCUT2D eigenvalue weighted by molar-refractivity contribution is 5.28. The highest BCUT2D eigenvalue weighted by atomic mass is 14.5. The summed E-state index contributed by atoms with van der Waals surface area (Å²) in [7, 11) is 0. The number of fused-ring (bicyclic) bond motifs is 3. The Kier molecular flexibility index (Phi) is 5.11. The highest BCUT2D eigenvalue weighted by Crippen LogP contribution is 2.53. The predicted molar refractivity (Wildman–Crippen MR) is 104 cm³/mol. The second-order valence-electron chi connectivity index (χ2n) is 8.78. The second-order valence-corrected chi connectivity index (χ2v) is 8.78. The van der Waals surface area contributed by atoms with Crippen LogP contribution in [0.3, 0.4) is 0 Å². The van der Waals surface area contributed by atoms with E-state index in [0.717, 1.165) is 41.4 Å². The van der Waals surface area contributed by atoms with E-state index in [4.69, 9.17) is 0 Å². The van der Waals surface area contributed by atoms with Crippen molar-refractivity contribution in [2.45, 2.75) is 58.3 Å². The van der Waals surface area contributed by atoms with Gasteiger partial charge in [-0.2, -0.15) is 0 Å². The van der Waals surface area contributed by atoms with Gasteiger partial charge < -0.3 is 0 Å². The van der Waals surface area contributed by atoms with Gasteiger partial charge in [-0.3, -0.25) is 0 Å². The molecule has 0 aliphatic heterocycles. The van der Waals surface area contributed by atoms with Crippen molar-refractivity contribution >= 4 is 0 Å². The van der Waals surface area contributed by atoms with Crippen LogP contribution in [0.2, 0.25) is 0 Å². The molecule has 4 aliphatic rings. The summed E-state index contributed by atoms with van der Waals surface area (Å²) in [6.45, 7) is 2.33. The number of rotatable bonds is 6. The molecule has 6 atom stereocenters. The van der Waals surface area contributed by atoms with Gasteiger partial charge in [-0.05, 0) is 54.3 Å². The minimum absolute atomic E-state index is 0.757. The maximum Gasteiger partial charge on any atom is -0.00956 e. The van der Waals surface area contributed by atoms with Gasteiger partial charge in [0.2, 0.25) is 0 Å². The molecular formula is C24H34. The van der Waals surface area contributed by atoms with Crippen molar-refractivity contribution in [3.63, 3.8) is 0 Å². The lowest BCUT2D eigenvalue weighted by Gasteiger charge is -2.25. The Hall–Kier alpha value is -1.04. The Bertz CT molecular complexity index is 500. The fourth-order valence-corrected chi connectivity index (χ4v) is 6.17. The van der Waals surface area contributed by atoms with Crippen molar-refractivity contribution in [3.8, 4) is 0 Å². The maximum absolute atomic E-state index is 2.52. The van der Waals surface area contributed by atoms with E-state index in [-0.39, 0.29) is 0 Å². The van der Waals surface area contributed by atoms with Gasteiger partial charge in [-0.15, -0.1) is 0 Å². The molecule has 0 bridgehead atoms. The normalized spacial score (nSPS) is 42.5. The summed E-state index contributed by atoms with van der Waals surface area (Å²) in [6, 6.07) is 0. The van der Waals surface area contributed by atoms with Gasteiger partial charge in [0, 0.05) is 0 Å². The third-order valence-corrected chi connectivity index (χ3v) is 7.40. The summed E-state index contributed by atoms with van der Waals surface area (Å²) in [5.41, 5.74) is 0. The average Bonchev–Trinajstić information content (AvgIpc) is 3.21. The topological polar surface area (TPSA) is 0 Å². The third kappa shape index (κ3) is 3.22. The predicted octanol–water partition coefficient (Wildman–Crippen LogP) is 6.72. The van der Waals surface area contributed by atoms with Crippen LogP contribution in [0.25, 0.3) is 0 Å². The van der Waals surface area contributed by atoms with E-state index in [1.54, 1.807) is 0 Å². The molecular weight excluding hydrogens is 288 g/mol. The molecule has 0 heterocycles. The van der Waals surface area contributed by atoms with Crippen molar-refractivity contribution in [1.29, 1.82) is 0 Å². The van der Waals surface area contributed by atoms with E-state index in [0.29, 0.717) is 0 Å². The number of unbranched alkanes of at least 4 members (excludes halogenated alkanes) is 1. The smallest absolute Gasteiger partial charge is 0.00956 e. The minimum atomic E-state index is 0.757. The number of hydrogen-bond donors (Lipinski definition) is 0. The molecule has 4 aliphatic carbocycles. The van der Waals surface area contributed by atoms with Crippen LogP contribution in [0.5, 0.6) is 0 Å². The Labute approximate surface area is 148 Å². The van der Waals surface area contributed by atoms with Crippen molar-refractivity contribution in [3.05, 3.63) is 48.6 Å². The Morgan fingerprint density at radius 2 is 1.21 bits per heavy atom. The van der Waals surface area contributed by atoms with E-state index in [9.17, 15) is 0 Å². The van der Waals surface area contributed by atoms with Gasteiger partial charge in [0.05, 0.1) is 0 Å². The fourth-order valence-electron chi connectivity index (χ4n) is 6.17. The molecule has 0 saturated heterocycles. The van der Waals surface area contributed by atoms with E-state index in [2.05, 4.69) is 55.5 Å². The first-order valence-corrected chi connectivity index (χ1v) is 10.6. The van der Waals surface area contributed by atoms with Crippen LogP contribution in [0, 0.1) is 41.4 Å². The van der Waals surface area contributed by atoms with Crippen molar-refractivity contribution < 1.29 is 0 Å². The van der Waals surface area contributed by atoms with Crippen LogP contribution in [-0.2, 0) is 0 Å². The van der Waals surface area contributed by atoms with Crippen LogP contribution >= 0.6 is 0 Å². The lowest BCUT2D eigenvalue weighted by Crippen LogP contribution is -2.17. The molecule has 4 rings (SSSR count). The average molecular weight is 323 g/mol. The molecule has 0 N–H and O–H groups in total. The SMILES string of the molecule is CCCCC1CCC(CCC2C3C=CC=CC3C3C=CC=CC32)C1. The zero-order valence-corrected chi connectivity index (χ0v) is 15.3. The molecule has 0 nitrogen and oxygen atoms in total. The number of hydrogen-bond acceptors (Lipinski definition) is 0. The molecule has 2 fully saturated rings. The molecule has 0 aromatic rings. The Morgan fingerprint density at radius 3 is 1.79 bits per heavy atom. The standard InChI is InChI=1S/C24H34/c1-2-3-8-18-13-14-19(17-18)15-16-24-22-11-6-4-9-20(22)21-10-5-7-12-23(21)24/h4-7,9-12,18-24H,2-3,8,13-17H2,1H3. The van der Waals surface area contributed by atoms with Crippen LogP contribution in [-0.4, -0.2) is 0 Å². The Morgan fingerprint density at radius 1 is 0.667 bits per heavy atom. The summed E-state index contributed by atoms with van der Waals surface area (Å²) < 4.78 is 0. The van der Waals surface area contributed by atoms with Crippen LogP contribution in [0.4, 0.5) is 0 Å². The summed E-state index contributed by atoms with van der Waals surface area (Å²) in [5, 5.41) is 0. The Balaban J connectivity index is 1.36. The lowest BCUT2D eigenvalue weighted by atomic mass is 9.79. The van der Waals surface area contributed by atoms with E-state index in [1.807, 2.05) is 0 Å². The van der Waals surface area contributed by atoms with E-state index in [1.165, 1.54) is 51.4 Å². The van der Waals surface area contributed by atoms with Gasteiger partial charge >= 0.3 is 0 Å². The lowest BCUT2D eigenvalue weighted by molar-refractivity contribution is 0.309. The van der Waals surface area contributed by atoms with Crippen molar-refractivity contribution in [1.82, 2.24) is 0 Å². The summed E-state index contributed by atoms with van der Waals surface area (Å²) in [6.07, 6.45) is 31.0. The first-order chi connectivity index (χ1) is 11.9. The van der Waals surface area contributed by atoms with Gasteiger partial charge in [0.25, 0.3) is 0 Å². The third-order valence-electron chi connectivity index (χ3n) is 7.40. The second kappa shape index (κ2) is 7.46. The van der Waals surface area contributed by atoms with Gasteiger partial charge in [0.15, 0.2) is 0 Å². The summed E-state index contributed by atoms with van der Waals surface area (Å²) >= 11 is 0. The van der Waals surface area contributed by atoms with Crippen molar-refractivity contribution in [2.24, 2.45) is 41.4 Å². The monoisotopic (exact) mass is 322 g/mol. The van der Waals surface area contributed by atoms with E-state index < -0.39 is 0 Å². The largest absolute Gasteiger partial charge is 0.0805 e. The molecule has 0 spiro atoms. The first-order valence-electron chi connectivity index (χ1n) is 10.6. The molecule has 0 heteroatoms. The van der Waals surface area contributed by atoms with Gasteiger partial charge in [-0.25, -0.2) is 0 Å². The van der Waals surface area contributed by atoms with Gasteiger partial charge in [-0.1, -0.05) is 94.1 Å². The van der Waals surface area contributed by atoms with Crippen LogP contribution in [0.1, 0.15) is 58.3 Å². The molecule has 2 saturated carbocycles. The molecule has 130 valence electrons. The highest BCUT2D eigenvalue weighted by Gasteiger charge is 2.46. The summed E-state index contributed by atoms with van der Waals surface area (Å²) in [5.74, 6) is 6.03. The van der Waals surface area contributed by atoms with Crippen LogP contribution < -0.4 is 0 Å². The molecule has 0 radical (unpaired) electrons. The van der Waals surface area contributed by atoms with Gasteiger partial charge in [0.1, 0.15) is 0 Å². The first kappa shape index (κ1) is 16.4. The quantitative estimate of drug-likeness (QED) is 0.509. The zero-order valence-electron chi connectivity index (χ0n) is 15.3. The number of allylic oxidation sites excluding steroid dienone is 8. The van der Waals surface area contributed by atoms with E-state index >= 15 is 0 Å². The molecule has 6 unspecified atom stereocenters. The molecule has 0 aromatic heterocycles. The van der Waals surface area contributed by atoms with Crippen molar-refractivity contribution in [2.75, 3.05) is 0 Å². The maximum atomic E-state index is 2.52. The minimum Gasteiger partial charge on any atom is -0.0805 e. The molecule has 0 amide bonds. The fraction of sp³-hybridized carbons (Fsp3) is 0.667. The van der Waals surface area contributed by atoms with Crippen LogP contribution in [0.15, 0.2) is 48.6 Å². The molecule has 0 aromatic carbocycles. The zero-order chi connectivity index (χ0) is 16.4. The summed E-state index contributed by atoms with van der Waals surface area (Å²) in [4.78, 5) is 0.